The number of esters is 1. The van der Waals surface area contributed by atoms with Crippen molar-refractivity contribution in [2.45, 2.75) is 6.42 Å². The average Bonchev–Trinajstić information content (AvgIpc) is 2.73. The number of carbonyl (C=O) groups excluding carboxylic acids is 1. The third-order valence-corrected chi connectivity index (χ3v) is 5.21. The molecular formula is C23H26Cl2N2O2. The van der Waals surface area contributed by atoms with Crippen LogP contribution in [0.25, 0.3) is 21.5 Å². The van der Waals surface area contributed by atoms with E-state index in [1.165, 1.54) is 10.8 Å². The molecule has 0 aromatic heterocycles. The fourth-order valence-corrected chi connectivity index (χ4v) is 3.91. The third-order valence-electron chi connectivity index (χ3n) is 4.87. The van der Waals surface area contributed by atoms with Crippen molar-refractivity contribution in [3.63, 3.8) is 0 Å². The zero-order valence-corrected chi connectivity index (χ0v) is 17.9. The average molecular weight is 433 g/mol. The van der Waals surface area contributed by atoms with Gasteiger partial charge in [-0.1, -0.05) is 48.5 Å². The Morgan fingerprint density at radius 2 is 1.48 bits per heavy atom. The minimum Gasteiger partial charge on any atom is -0.464 e. The van der Waals surface area contributed by atoms with Gasteiger partial charge in [-0.05, 0) is 16.8 Å². The summed E-state index contributed by atoms with van der Waals surface area (Å²) in [5, 5.41) is 8.11. The summed E-state index contributed by atoms with van der Waals surface area (Å²) in [5.41, 5.74) is 1.06. The van der Waals surface area contributed by atoms with Crippen LogP contribution >= 0.6 is 23.2 Å². The molecular weight excluding hydrogens is 407 g/mol. The fourth-order valence-electron chi connectivity index (χ4n) is 3.43. The Morgan fingerprint density at radius 1 is 0.897 bits per heavy atom. The van der Waals surface area contributed by atoms with Gasteiger partial charge in [-0.3, -0.25) is 9.69 Å². The molecule has 0 heterocycles. The molecule has 0 unspecified atom stereocenters. The molecule has 6 heteroatoms. The molecule has 154 valence electrons. The van der Waals surface area contributed by atoms with Crippen LogP contribution in [0.1, 0.15) is 6.42 Å². The maximum atomic E-state index is 12.1. The number of anilines is 1. The van der Waals surface area contributed by atoms with Crippen LogP contribution in [0.15, 0.2) is 54.6 Å². The molecule has 1 N–H and O–H groups in total. The van der Waals surface area contributed by atoms with Crippen molar-refractivity contribution >= 4 is 56.4 Å². The fraction of sp³-hybridized carbons (Fsp3) is 0.348. The normalized spacial score (nSPS) is 11.3. The van der Waals surface area contributed by atoms with E-state index in [-0.39, 0.29) is 5.97 Å². The van der Waals surface area contributed by atoms with Crippen molar-refractivity contribution < 1.29 is 9.53 Å². The number of rotatable bonds is 11. The topological polar surface area (TPSA) is 41.6 Å². The standard InChI is InChI=1S/C23H26Cl2N2O2/c24-10-13-27(14-11-25)15-16-29-22(28)9-12-26-23-20-7-3-1-5-18(20)17-19-6-2-4-8-21(19)23/h1-8,17,26H,9-16H2. The van der Waals surface area contributed by atoms with Crippen molar-refractivity contribution in [3.8, 4) is 0 Å². The second kappa shape index (κ2) is 11.2. The molecule has 0 amide bonds. The van der Waals surface area contributed by atoms with Crippen molar-refractivity contribution in [1.29, 1.82) is 0 Å². The number of nitrogens with one attached hydrogen (secondary N) is 1. The lowest BCUT2D eigenvalue weighted by Crippen LogP contribution is -2.32. The lowest BCUT2D eigenvalue weighted by molar-refractivity contribution is -0.143. The van der Waals surface area contributed by atoms with Crippen LogP contribution in [0.2, 0.25) is 0 Å². The van der Waals surface area contributed by atoms with E-state index in [4.69, 9.17) is 27.9 Å². The molecule has 0 saturated heterocycles. The van der Waals surface area contributed by atoms with Crippen LogP contribution in [0, 0.1) is 0 Å². The molecule has 0 spiro atoms. The Hall–Kier alpha value is -2.01. The molecule has 4 nitrogen and oxygen atoms in total. The zero-order valence-electron chi connectivity index (χ0n) is 16.4. The molecule has 0 aliphatic carbocycles. The van der Waals surface area contributed by atoms with E-state index in [0.717, 1.165) is 29.5 Å². The molecule has 0 bridgehead atoms. The lowest BCUT2D eigenvalue weighted by atomic mass is 10.0. The van der Waals surface area contributed by atoms with E-state index in [2.05, 4.69) is 40.5 Å². The summed E-state index contributed by atoms with van der Waals surface area (Å²) < 4.78 is 5.37. The van der Waals surface area contributed by atoms with Crippen LogP contribution in [0.3, 0.4) is 0 Å². The monoisotopic (exact) mass is 432 g/mol. The van der Waals surface area contributed by atoms with Gasteiger partial charge in [0.25, 0.3) is 0 Å². The van der Waals surface area contributed by atoms with Crippen LogP contribution in [0.5, 0.6) is 0 Å². The molecule has 3 rings (SSSR count). The first-order valence-corrected chi connectivity index (χ1v) is 10.9. The summed E-state index contributed by atoms with van der Waals surface area (Å²) in [6, 6.07) is 18.7. The molecule has 3 aromatic carbocycles. The van der Waals surface area contributed by atoms with E-state index in [9.17, 15) is 4.79 Å². The summed E-state index contributed by atoms with van der Waals surface area (Å²) in [7, 11) is 0. The molecule has 0 aliphatic rings. The van der Waals surface area contributed by atoms with Gasteiger partial charge < -0.3 is 10.1 Å². The second-order valence-electron chi connectivity index (χ2n) is 6.81. The Balaban J connectivity index is 1.57. The Bertz CT molecular complexity index is 888. The molecule has 0 saturated carbocycles. The zero-order chi connectivity index (χ0) is 20.5. The number of fused-ring (bicyclic) bond motifs is 2. The largest absolute Gasteiger partial charge is 0.464 e. The number of carbonyl (C=O) groups is 1. The van der Waals surface area contributed by atoms with Crippen LogP contribution in [-0.2, 0) is 9.53 Å². The van der Waals surface area contributed by atoms with Gasteiger partial charge in [0, 0.05) is 54.4 Å². The van der Waals surface area contributed by atoms with Crippen molar-refractivity contribution in [3.05, 3.63) is 54.6 Å². The van der Waals surface area contributed by atoms with Gasteiger partial charge in [-0.25, -0.2) is 0 Å². The maximum Gasteiger partial charge on any atom is 0.307 e. The minimum atomic E-state index is -0.210. The van der Waals surface area contributed by atoms with E-state index in [1.54, 1.807) is 0 Å². The van der Waals surface area contributed by atoms with Crippen molar-refractivity contribution in [1.82, 2.24) is 4.90 Å². The Morgan fingerprint density at radius 3 is 2.07 bits per heavy atom. The summed E-state index contributed by atoms with van der Waals surface area (Å²) in [5.74, 6) is 0.861. The molecule has 0 atom stereocenters. The second-order valence-corrected chi connectivity index (χ2v) is 7.57. The molecule has 29 heavy (non-hydrogen) atoms. The molecule has 3 aromatic rings. The van der Waals surface area contributed by atoms with Gasteiger partial charge in [0.05, 0.1) is 6.42 Å². The predicted octanol–water partition coefficient (Wildman–Crippen LogP) is 5.12. The maximum absolute atomic E-state index is 12.1. The van der Waals surface area contributed by atoms with Crippen molar-refractivity contribution in [2.24, 2.45) is 0 Å². The van der Waals surface area contributed by atoms with Crippen LogP contribution < -0.4 is 5.32 Å². The molecule has 0 fully saturated rings. The Kier molecular flexibility index (Phi) is 8.41. The van der Waals surface area contributed by atoms with Gasteiger partial charge >= 0.3 is 5.97 Å². The number of alkyl halides is 2. The van der Waals surface area contributed by atoms with Crippen LogP contribution in [0.4, 0.5) is 5.69 Å². The van der Waals surface area contributed by atoms with E-state index < -0.39 is 0 Å². The lowest BCUT2D eigenvalue weighted by Gasteiger charge is -2.19. The van der Waals surface area contributed by atoms with E-state index in [1.807, 2.05) is 24.3 Å². The minimum absolute atomic E-state index is 0.210. The van der Waals surface area contributed by atoms with Crippen molar-refractivity contribution in [2.75, 3.05) is 49.9 Å². The summed E-state index contributed by atoms with van der Waals surface area (Å²) in [6.45, 7) is 2.99. The van der Waals surface area contributed by atoms with E-state index in [0.29, 0.717) is 37.9 Å². The van der Waals surface area contributed by atoms with Gasteiger partial charge in [-0.2, -0.15) is 0 Å². The number of hydrogen-bond acceptors (Lipinski definition) is 4. The van der Waals surface area contributed by atoms with E-state index >= 15 is 0 Å². The third kappa shape index (κ3) is 5.99. The number of ether oxygens (including phenoxy) is 1. The highest BCUT2D eigenvalue weighted by Crippen LogP contribution is 2.32. The first-order chi connectivity index (χ1) is 14.2. The molecule has 0 radical (unpaired) electrons. The van der Waals surface area contributed by atoms with Gasteiger partial charge in [0.2, 0.25) is 0 Å². The summed E-state index contributed by atoms with van der Waals surface area (Å²) >= 11 is 11.6. The molecule has 0 aliphatic heterocycles. The smallest absolute Gasteiger partial charge is 0.307 e. The summed E-state index contributed by atoms with van der Waals surface area (Å²) in [4.78, 5) is 14.2. The van der Waals surface area contributed by atoms with Gasteiger partial charge in [0.15, 0.2) is 0 Å². The first kappa shape index (κ1) is 21.7. The Labute approximate surface area is 181 Å². The predicted molar refractivity (Wildman–Crippen MR) is 123 cm³/mol. The van der Waals surface area contributed by atoms with Gasteiger partial charge in [0.1, 0.15) is 6.61 Å². The quantitative estimate of drug-likeness (QED) is 0.259. The number of hydrogen-bond donors (Lipinski definition) is 1. The highest BCUT2D eigenvalue weighted by atomic mass is 35.5. The number of halogens is 2. The summed E-state index contributed by atoms with van der Waals surface area (Å²) in [6.07, 6.45) is 0.308. The number of nitrogens with zero attached hydrogens (tertiary/aromatic N) is 1. The highest BCUT2D eigenvalue weighted by Gasteiger charge is 2.09. The SMILES string of the molecule is O=C(CCNc1c2ccccc2cc2ccccc12)OCCN(CCCl)CCCl. The first-order valence-electron chi connectivity index (χ1n) is 9.87. The highest BCUT2D eigenvalue weighted by molar-refractivity contribution is 6.18. The van der Waals surface area contributed by atoms with Gasteiger partial charge in [-0.15, -0.1) is 23.2 Å². The van der Waals surface area contributed by atoms with Crippen LogP contribution in [-0.4, -0.2) is 55.4 Å². The number of benzene rings is 3.